The normalized spacial score (nSPS) is 20.7. The molecule has 1 aliphatic heterocycles. The Hall–Kier alpha value is 0.210. The van der Waals surface area contributed by atoms with E-state index in [0.717, 1.165) is 6.04 Å². The van der Waals surface area contributed by atoms with E-state index in [9.17, 15) is 0 Å². The van der Waals surface area contributed by atoms with Crippen LogP contribution in [-0.4, -0.2) is 37.1 Å². The molecule has 0 atom stereocenters. The maximum absolute atomic E-state index is 2.53. The van der Waals surface area contributed by atoms with E-state index in [1.54, 1.807) is 0 Å². The average Bonchev–Trinajstić information content (AvgIpc) is 1.90. The Morgan fingerprint density at radius 2 is 1.70 bits per heavy atom. The highest BCUT2D eigenvalue weighted by Crippen LogP contribution is 1.95. The lowest BCUT2D eigenvalue weighted by Crippen LogP contribution is -3.00. The Morgan fingerprint density at radius 1 is 1.20 bits per heavy atom. The third kappa shape index (κ3) is 2.86. The van der Waals surface area contributed by atoms with Crippen molar-refractivity contribution in [3.8, 4) is 0 Å². The number of rotatable bonds is 1. The van der Waals surface area contributed by atoms with E-state index in [1.165, 1.54) is 26.2 Å². The molecule has 0 aromatic carbocycles. The van der Waals surface area contributed by atoms with E-state index in [4.69, 9.17) is 0 Å². The van der Waals surface area contributed by atoms with Gasteiger partial charge in [0.1, 0.15) is 0 Å². The number of hydrogen-bond acceptors (Lipinski definition) is 1. The maximum Gasteiger partial charge on any atom is 0.0885 e. The smallest absolute Gasteiger partial charge is 0.0885 e. The monoisotopic (exact) mass is 164 g/mol. The third-order valence-electron chi connectivity index (χ3n) is 1.97. The van der Waals surface area contributed by atoms with Crippen LogP contribution in [0.1, 0.15) is 13.8 Å². The van der Waals surface area contributed by atoms with Gasteiger partial charge in [-0.15, -0.1) is 0 Å². The first-order chi connectivity index (χ1) is 4.30. The number of halogens is 1. The lowest BCUT2D eigenvalue weighted by molar-refractivity contribution is -0.663. The predicted octanol–water partition coefficient (Wildman–Crippen LogP) is -3.72. The summed E-state index contributed by atoms with van der Waals surface area (Å²) < 4.78 is 0. The van der Waals surface area contributed by atoms with Gasteiger partial charge >= 0.3 is 0 Å². The Balaban J connectivity index is 0.000000810. The molecule has 2 nitrogen and oxygen atoms in total. The lowest BCUT2D eigenvalue weighted by Gasteiger charge is -2.28. The summed E-state index contributed by atoms with van der Waals surface area (Å²) in [4.78, 5) is 2.53. The molecule has 1 heterocycles. The Bertz CT molecular complexity index is 79.7. The second kappa shape index (κ2) is 4.94. The number of nitrogens with two attached hydrogens (primary N) is 1. The summed E-state index contributed by atoms with van der Waals surface area (Å²) in [6.07, 6.45) is 0. The van der Waals surface area contributed by atoms with Crippen LogP contribution in [0.5, 0.6) is 0 Å². The summed E-state index contributed by atoms with van der Waals surface area (Å²) in [5, 5.41) is 2.39. The second-order valence-corrected chi connectivity index (χ2v) is 3.00. The van der Waals surface area contributed by atoms with Crippen molar-refractivity contribution in [1.82, 2.24) is 4.90 Å². The Kier molecular flexibility index (Phi) is 5.04. The van der Waals surface area contributed by atoms with Crippen molar-refractivity contribution >= 4 is 0 Å². The average molecular weight is 165 g/mol. The molecule has 0 aromatic heterocycles. The first kappa shape index (κ1) is 10.2. The zero-order valence-electron chi connectivity index (χ0n) is 6.81. The second-order valence-electron chi connectivity index (χ2n) is 3.00. The van der Waals surface area contributed by atoms with E-state index < -0.39 is 0 Å². The first-order valence-corrected chi connectivity index (χ1v) is 3.86. The van der Waals surface area contributed by atoms with E-state index in [-0.39, 0.29) is 12.4 Å². The zero-order chi connectivity index (χ0) is 6.69. The molecule has 62 valence electrons. The highest BCUT2D eigenvalue weighted by molar-refractivity contribution is 4.62. The van der Waals surface area contributed by atoms with Crippen molar-refractivity contribution in [3.63, 3.8) is 0 Å². The number of quaternary nitrogens is 1. The summed E-state index contributed by atoms with van der Waals surface area (Å²) in [7, 11) is 0. The maximum atomic E-state index is 2.53. The highest BCUT2D eigenvalue weighted by atomic mass is 35.5. The Morgan fingerprint density at radius 3 is 2.00 bits per heavy atom. The van der Waals surface area contributed by atoms with Crippen LogP contribution in [-0.2, 0) is 0 Å². The largest absolute Gasteiger partial charge is 1.00 e. The van der Waals surface area contributed by atoms with Gasteiger partial charge in [0.2, 0.25) is 0 Å². The molecule has 3 heteroatoms. The molecule has 0 aliphatic carbocycles. The van der Waals surface area contributed by atoms with Crippen molar-refractivity contribution in [2.75, 3.05) is 26.2 Å². The standard InChI is InChI=1S/C7H16N2.ClH/c1-7(2)9-5-3-8-4-6-9;/h7-8H,3-6H2,1-2H3;1H. The van der Waals surface area contributed by atoms with Gasteiger partial charge in [0.15, 0.2) is 0 Å². The molecule has 1 aliphatic rings. The minimum Gasteiger partial charge on any atom is -1.00 e. The van der Waals surface area contributed by atoms with Gasteiger partial charge in [0.05, 0.1) is 13.1 Å². The van der Waals surface area contributed by atoms with E-state index in [0.29, 0.717) is 0 Å². The summed E-state index contributed by atoms with van der Waals surface area (Å²) in [6, 6.07) is 0.749. The number of nitrogens with zero attached hydrogens (tertiary/aromatic N) is 1. The van der Waals surface area contributed by atoms with Gasteiger partial charge in [-0.3, -0.25) is 4.90 Å². The van der Waals surface area contributed by atoms with Crippen LogP contribution in [0.3, 0.4) is 0 Å². The van der Waals surface area contributed by atoms with Gasteiger partial charge in [-0.05, 0) is 13.8 Å². The predicted molar refractivity (Wildman–Crippen MR) is 38.4 cm³/mol. The van der Waals surface area contributed by atoms with E-state index >= 15 is 0 Å². The first-order valence-electron chi connectivity index (χ1n) is 3.86. The Labute approximate surface area is 69.4 Å². The van der Waals surface area contributed by atoms with Crippen LogP contribution in [0, 0.1) is 0 Å². The van der Waals surface area contributed by atoms with Crippen LogP contribution in [0.15, 0.2) is 0 Å². The molecule has 0 amide bonds. The third-order valence-corrected chi connectivity index (χ3v) is 1.97. The van der Waals surface area contributed by atoms with Crippen LogP contribution in [0.4, 0.5) is 0 Å². The zero-order valence-corrected chi connectivity index (χ0v) is 7.56. The van der Waals surface area contributed by atoms with Gasteiger partial charge in [-0.1, -0.05) is 0 Å². The quantitative estimate of drug-likeness (QED) is 0.423. The summed E-state index contributed by atoms with van der Waals surface area (Å²) in [5.74, 6) is 0. The number of piperazine rings is 1. The molecule has 0 radical (unpaired) electrons. The molecule has 0 saturated carbocycles. The summed E-state index contributed by atoms with van der Waals surface area (Å²) in [5.41, 5.74) is 0. The van der Waals surface area contributed by atoms with Gasteiger partial charge in [-0.25, -0.2) is 0 Å². The number of hydrogen-bond donors (Lipinski definition) is 1. The molecule has 10 heavy (non-hydrogen) atoms. The van der Waals surface area contributed by atoms with Gasteiger partial charge in [-0.2, -0.15) is 0 Å². The summed E-state index contributed by atoms with van der Waals surface area (Å²) in [6.45, 7) is 9.67. The van der Waals surface area contributed by atoms with Crippen LogP contribution in [0.25, 0.3) is 0 Å². The highest BCUT2D eigenvalue weighted by Gasteiger charge is 2.13. The van der Waals surface area contributed by atoms with E-state index in [2.05, 4.69) is 24.1 Å². The molecule has 0 aromatic rings. The lowest BCUT2D eigenvalue weighted by atomic mass is 10.3. The molecule has 1 fully saturated rings. The van der Waals surface area contributed by atoms with Crippen molar-refractivity contribution < 1.29 is 17.7 Å². The molecule has 0 spiro atoms. The molecule has 2 N–H and O–H groups in total. The fourth-order valence-electron chi connectivity index (χ4n) is 1.29. The fourth-order valence-corrected chi connectivity index (χ4v) is 1.29. The molecule has 0 bridgehead atoms. The minimum atomic E-state index is 0. The van der Waals surface area contributed by atoms with Crippen LogP contribution in [0.2, 0.25) is 0 Å². The molecule has 1 rings (SSSR count). The van der Waals surface area contributed by atoms with Gasteiger partial charge in [0, 0.05) is 19.1 Å². The van der Waals surface area contributed by atoms with Gasteiger partial charge in [0.25, 0.3) is 0 Å². The van der Waals surface area contributed by atoms with Crippen LogP contribution < -0.4 is 17.7 Å². The topological polar surface area (TPSA) is 19.9 Å². The molecule has 1 saturated heterocycles. The molecule has 0 unspecified atom stereocenters. The SMILES string of the molecule is CC(C)N1CC[NH2+]CC1.[Cl-]. The van der Waals surface area contributed by atoms with Crippen molar-refractivity contribution in [1.29, 1.82) is 0 Å². The van der Waals surface area contributed by atoms with Crippen molar-refractivity contribution in [3.05, 3.63) is 0 Å². The van der Waals surface area contributed by atoms with Crippen molar-refractivity contribution in [2.45, 2.75) is 19.9 Å². The fraction of sp³-hybridized carbons (Fsp3) is 1.00. The van der Waals surface area contributed by atoms with Crippen LogP contribution >= 0.6 is 0 Å². The minimum absolute atomic E-state index is 0. The van der Waals surface area contributed by atoms with Gasteiger partial charge < -0.3 is 17.7 Å². The van der Waals surface area contributed by atoms with E-state index in [1.807, 2.05) is 0 Å². The van der Waals surface area contributed by atoms with Crippen molar-refractivity contribution in [2.24, 2.45) is 0 Å². The molecular weight excluding hydrogens is 148 g/mol. The summed E-state index contributed by atoms with van der Waals surface area (Å²) >= 11 is 0. The molecular formula is C7H17ClN2.